The van der Waals surface area contributed by atoms with Crippen molar-refractivity contribution < 1.29 is 9.59 Å². The number of aromatic nitrogens is 3. The Hall–Kier alpha value is -3.78. The van der Waals surface area contributed by atoms with Crippen LogP contribution in [0, 0.1) is 0 Å². The summed E-state index contributed by atoms with van der Waals surface area (Å²) in [4.78, 5) is 33.4. The molecule has 0 saturated carbocycles. The Kier molecular flexibility index (Phi) is 5.05. The molecule has 4 aromatic rings. The minimum absolute atomic E-state index is 0.134. The lowest BCUT2D eigenvalue weighted by Gasteiger charge is -2.14. The van der Waals surface area contributed by atoms with Gasteiger partial charge in [-0.05, 0) is 54.7 Å². The second-order valence-electron chi connectivity index (χ2n) is 7.26. The molecule has 31 heavy (non-hydrogen) atoms. The van der Waals surface area contributed by atoms with Gasteiger partial charge in [0.05, 0.1) is 16.9 Å². The van der Waals surface area contributed by atoms with Gasteiger partial charge in [0.15, 0.2) is 5.78 Å². The third-order valence-corrected chi connectivity index (χ3v) is 5.93. The van der Waals surface area contributed by atoms with Crippen LogP contribution in [0.15, 0.2) is 60.9 Å². The number of nitrogens with zero attached hydrogens (tertiary/aromatic N) is 2. The number of hydrogen-bond donors (Lipinski definition) is 3. The number of aryl methyl sites for hydroxylation is 1. The largest absolute Gasteiger partial charge is 0.356 e. The Labute approximate surface area is 182 Å². The first kappa shape index (κ1) is 19.2. The summed E-state index contributed by atoms with van der Waals surface area (Å²) in [6, 6.07) is 15.1. The average molecular weight is 430 g/mol. The molecule has 0 unspecified atom stereocenters. The van der Waals surface area contributed by atoms with Crippen LogP contribution in [-0.4, -0.2) is 26.0 Å². The smallest absolute Gasteiger partial charge is 0.268 e. The molecule has 0 spiro atoms. The Morgan fingerprint density at radius 2 is 1.94 bits per heavy atom. The van der Waals surface area contributed by atoms with Crippen molar-refractivity contribution in [3.8, 4) is 11.3 Å². The quantitative estimate of drug-likeness (QED) is 0.412. The van der Waals surface area contributed by atoms with Gasteiger partial charge in [0.1, 0.15) is 10.7 Å². The van der Waals surface area contributed by atoms with Crippen LogP contribution >= 0.6 is 11.5 Å². The number of benzene rings is 1. The maximum absolute atomic E-state index is 12.8. The Bertz CT molecular complexity index is 1250. The van der Waals surface area contributed by atoms with Gasteiger partial charge in [-0.3, -0.25) is 9.59 Å². The van der Waals surface area contributed by atoms with Gasteiger partial charge in [-0.15, -0.1) is 0 Å². The van der Waals surface area contributed by atoms with Crippen LogP contribution in [0.25, 0.3) is 11.3 Å². The van der Waals surface area contributed by atoms with Crippen LogP contribution in [0.3, 0.4) is 0 Å². The van der Waals surface area contributed by atoms with Gasteiger partial charge in [-0.2, -0.15) is 0 Å². The molecule has 0 radical (unpaired) electrons. The van der Waals surface area contributed by atoms with Crippen molar-refractivity contribution >= 4 is 40.4 Å². The fraction of sp³-hybridized carbons (Fsp3) is 0.130. The Morgan fingerprint density at radius 3 is 2.74 bits per heavy atom. The number of para-hydroxylation sites is 1. The van der Waals surface area contributed by atoms with E-state index in [1.54, 1.807) is 24.5 Å². The highest BCUT2D eigenvalue weighted by Gasteiger charge is 2.27. The zero-order valence-electron chi connectivity index (χ0n) is 16.5. The van der Waals surface area contributed by atoms with E-state index < -0.39 is 0 Å². The molecule has 154 valence electrons. The fourth-order valence-corrected chi connectivity index (χ4v) is 4.26. The zero-order valence-corrected chi connectivity index (χ0v) is 17.3. The summed E-state index contributed by atoms with van der Waals surface area (Å²) in [7, 11) is 0. The molecule has 1 aromatic carbocycles. The highest BCUT2D eigenvalue weighted by molar-refractivity contribution is 7.08. The van der Waals surface area contributed by atoms with Crippen LogP contribution in [-0.2, 0) is 6.42 Å². The number of fused-ring (bicyclic) bond motifs is 1. The second kappa shape index (κ2) is 8.16. The number of rotatable bonds is 5. The number of nitrogens with one attached hydrogen (secondary N) is 3. The first-order valence-corrected chi connectivity index (χ1v) is 10.7. The van der Waals surface area contributed by atoms with E-state index in [-0.39, 0.29) is 11.7 Å². The number of carbonyl (C=O) groups is 2. The summed E-state index contributed by atoms with van der Waals surface area (Å²) in [5, 5.41) is 6.24. The van der Waals surface area contributed by atoms with E-state index >= 15 is 0 Å². The summed E-state index contributed by atoms with van der Waals surface area (Å²) in [6.45, 7) is 0. The van der Waals surface area contributed by atoms with Crippen LogP contribution in [0.2, 0.25) is 0 Å². The van der Waals surface area contributed by atoms with E-state index in [4.69, 9.17) is 0 Å². The van der Waals surface area contributed by atoms with Crippen molar-refractivity contribution in [2.45, 2.75) is 19.3 Å². The van der Waals surface area contributed by atoms with Crippen molar-refractivity contribution in [3.63, 3.8) is 0 Å². The number of aromatic amines is 1. The van der Waals surface area contributed by atoms with Gasteiger partial charge >= 0.3 is 0 Å². The van der Waals surface area contributed by atoms with Gasteiger partial charge in [0.25, 0.3) is 5.91 Å². The maximum Gasteiger partial charge on any atom is 0.268 e. The molecular formula is C23H19N5O2S. The fourth-order valence-electron chi connectivity index (χ4n) is 3.77. The normalized spacial score (nSPS) is 13.0. The number of hydrogen-bond acceptors (Lipinski definition) is 6. The first-order chi connectivity index (χ1) is 15.2. The van der Waals surface area contributed by atoms with Crippen LogP contribution in [0.5, 0.6) is 0 Å². The maximum atomic E-state index is 12.8. The van der Waals surface area contributed by atoms with Gasteiger partial charge in [-0.1, -0.05) is 18.2 Å². The van der Waals surface area contributed by atoms with Gasteiger partial charge in [0.2, 0.25) is 0 Å². The van der Waals surface area contributed by atoms with E-state index in [1.807, 2.05) is 36.4 Å². The van der Waals surface area contributed by atoms with Gasteiger partial charge < -0.3 is 15.6 Å². The molecule has 1 aliphatic carbocycles. The number of H-pyrrole nitrogens is 1. The molecule has 1 amide bonds. The molecule has 0 saturated heterocycles. The van der Waals surface area contributed by atoms with E-state index in [0.717, 1.165) is 58.3 Å². The van der Waals surface area contributed by atoms with Crippen molar-refractivity contribution in [1.82, 2.24) is 14.3 Å². The van der Waals surface area contributed by atoms with Crippen LogP contribution < -0.4 is 10.6 Å². The summed E-state index contributed by atoms with van der Waals surface area (Å²) >= 11 is 1.13. The van der Waals surface area contributed by atoms with Gasteiger partial charge in [-0.25, -0.2) is 9.36 Å². The molecule has 5 rings (SSSR count). The summed E-state index contributed by atoms with van der Waals surface area (Å²) in [5.74, 6) is 0.311. The topological polar surface area (TPSA) is 99.8 Å². The highest BCUT2D eigenvalue weighted by atomic mass is 32.1. The van der Waals surface area contributed by atoms with Crippen molar-refractivity contribution in [1.29, 1.82) is 0 Å². The lowest BCUT2D eigenvalue weighted by molar-refractivity contribution is 0.0972. The molecule has 3 heterocycles. The SMILES string of the molecule is O=C(Nc1cc(-c2[nH]c3c(c2Nc2ccccc2)C(=O)CCC3)ccn1)c1ccns1. The van der Waals surface area contributed by atoms with Crippen molar-refractivity contribution in [2.75, 3.05) is 10.6 Å². The average Bonchev–Trinajstić information content (AvgIpc) is 3.44. The molecule has 3 aromatic heterocycles. The number of ketones is 1. The van der Waals surface area contributed by atoms with E-state index in [1.165, 1.54) is 0 Å². The molecule has 1 aliphatic rings. The predicted molar refractivity (Wildman–Crippen MR) is 121 cm³/mol. The minimum Gasteiger partial charge on any atom is -0.356 e. The lowest BCUT2D eigenvalue weighted by Crippen LogP contribution is -2.11. The van der Waals surface area contributed by atoms with E-state index in [0.29, 0.717) is 17.1 Å². The zero-order chi connectivity index (χ0) is 21.2. The predicted octanol–water partition coefficient (Wildman–Crippen LogP) is 5.05. The molecule has 0 aliphatic heterocycles. The number of amides is 1. The molecule has 7 nitrogen and oxygen atoms in total. The van der Waals surface area contributed by atoms with Crippen LogP contribution in [0.4, 0.5) is 17.2 Å². The molecule has 3 N–H and O–H groups in total. The molecule has 0 fully saturated rings. The molecule has 0 atom stereocenters. The van der Waals surface area contributed by atoms with E-state index in [9.17, 15) is 9.59 Å². The standard InChI is InChI=1S/C23H19N5O2S/c29-17-8-4-7-16-20(17)22(26-15-5-2-1-3-6-15)21(27-16)14-9-11-24-19(13-14)28-23(30)18-10-12-25-31-18/h1-3,5-6,9-13,26-27H,4,7-8H2,(H,24,28,30). The number of pyridine rings is 1. The van der Waals surface area contributed by atoms with E-state index in [2.05, 4.69) is 25.0 Å². The Balaban J connectivity index is 1.54. The van der Waals surface area contributed by atoms with Crippen molar-refractivity contribution in [2.24, 2.45) is 0 Å². The Morgan fingerprint density at radius 1 is 1.06 bits per heavy atom. The summed E-state index contributed by atoms with van der Waals surface area (Å²) < 4.78 is 3.96. The summed E-state index contributed by atoms with van der Waals surface area (Å²) in [6.07, 6.45) is 5.44. The number of carbonyl (C=O) groups excluding carboxylic acids is 2. The lowest BCUT2D eigenvalue weighted by atomic mass is 9.95. The van der Waals surface area contributed by atoms with Crippen LogP contribution in [0.1, 0.15) is 38.6 Å². The number of anilines is 3. The number of Topliss-reactive ketones (excluding diaryl/α,β-unsaturated/α-hetero) is 1. The summed E-state index contributed by atoms with van der Waals surface area (Å²) in [5.41, 5.74) is 4.96. The molecular weight excluding hydrogens is 410 g/mol. The minimum atomic E-state index is -0.254. The third-order valence-electron chi connectivity index (χ3n) is 5.18. The molecule has 8 heteroatoms. The monoisotopic (exact) mass is 429 g/mol. The van der Waals surface area contributed by atoms with Gasteiger partial charge in [0, 0.05) is 35.8 Å². The first-order valence-electron chi connectivity index (χ1n) is 9.97. The second-order valence-corrected chi connectivity index (χ2v) is 8.09. The van der Waals surface area contributed by atoms with Crippen molar-refractivity contribution in [3.05, 3.63) is 77.1 Å². The highest BCUT2D eigenvalue weighted by Crippen LogP contribution is 2.39. The molecule has 0 bridgehead atoms. The third kappa shape index (κ3) is 3.85.